The molecule has 152 valence electrons. The van der Waals surface area contributed by atoms with Gasteiger partial charge in [0.05, 0.1) is 19.4 Å². The molecule has 2 heterocycles. The summed E-state index contributed by atoms with van der Waals surface area (Å²) in [5, 5.41) is 0. The molecule has 0 fully saturated rings. The van der Waals surface area contributed by atoms with Gasteiger partial charge in [0, 0.05) is 49.6 Å². The number of ether oxygens (including phenoxy) is 3. The largest absolute Gasteiger partial charge is 0.493 e. The lowest BCUT2D eigenvalue weighted by Crippen LogP contribution is -2.27. The van der Waals surface area contributed by atoms with E-state index in [4.69, 9.17) is 14.2 Å². The van der Waals surface area contributed by atoms with E-state index < -0.39 is 0 Å². The zero-order chi connectivity index (χ0) is 20.3. The molecular formula is C23H31NO4. The van der Waals surface area contributed by atoms with Gasteiger partial charge in [-0.3, -0.25) is 4.79 Å². The molecule has 0 spiro atoms. The van der Waals surface area contributed by atoms with Crippen molar-refractivity contribution in [3.05, 3.63) is 45.7 Å². The quantitative estimate of drug-likeness (QED) is 0.637. The molecule has 1 aliphatic rings. The van der Waals surface area contributed by atoms with E-state index in [1.165, 1.54) is 5.56 Å². The average molecular weight is 386 g/mol. The van der Waals surface area contributed by atoms with Gasteiger partial charge in [0.25, 0.3) is 0 Å². The Labute approximate surface area is 167 Å². The van der Waals surface area contributed by atoms with Crippen LogP contribution in [0.2, 0.25) is 0 Å². The van der Waals surface area contributed by atoms with Crippen molar-refractivity contribution in [2.75, 3.05) is 27.4 Å². The molecule has 1 aromatic heterocycles. The van der Waals surface area contributed by atoms with E-state index in [-0.39, 0.29) is 5.43 Å². The van der Waals surface area contributed by atoms with Crippen LogP contribution in [0, 0.1) is 5.92 Å². The first kappa shape index (κ1) is 20.5. The highest BCUT2D eigenvalue weighted by Gasteiger charge is 2.29. The first-order chi connectivity index (χ1) is 13.5. The van der Waals surface area contributed by atoms with Crippen molar-refractivity contribution < 1.29 is 14.2 Å². The minimum absolute atomic E-state index is 0.1000. The summed E-state index contributed by atoms with van der Waals surface area (Å²) in [6, 6.07) is 6.13. The first-order valence-corrected chi connectivity index (χ1v) is 10.1. The van der Waals surface area contributed by atoms with E-state index in [2.05, 4.69) is 24.5 Å². The molecule has 0 N–H and O–H groups in total. The molecule has 0 aliphatic carbocycles. The lowest BCUT2D eigenvalue weighted by Gasteiger charge is -2.34. The topological polar surface area (TPSA) is 49.7 Å². The van der Waals surface area contributed by atoms with Gasteiger partial charge >= 0.3 is 0 Å². The highest BCUT2D eigenvalue weighted by molar-refractivity contribution is 5.73. The second-order valence-corrected chi connectivity index (χ2v) is 7.64. The van der Waals surface area contributed by atoms with E-state index in [0.29, 0.717) is 37.3 Å². The molecule has 0 saturated carbocycles. The van der Waals surface area contributed by atoms with Crippen molar-refractivity contribution in [3.63, 3.8) is 0 Å². The molecule has 1 atom stereocenters. The number of methoxy groups -OCH3 is 2. The second kappa shape index (κ2) is 8.82. The summed E-state index contributed by atoms with van der Waals surface area (Å²) < 4.78 is 19.0. The molecule has 1 aliphatic heterocycles. The van der Waals surface area contributed by atoms with E-state index in [0.717, 1.165) is 35.4 Å². The zero-order valence-corrected chi connectivity index (χ0v) is 17.6. The van der Waals surface area contributed by atoms with Gasteiger partial charge in [0.15, 0.2) is 16.9 Å². The van der Waals surface area contributed by atoms with E-state index in [9.17, 15) is 4.79 Å². The Balaban J connectivity index is 2.12. The fraction of sp³-hybridized carbons (Fsp3) is 0.522. The molecule has 0 amide bonds. The Morgan fingerprint density at radius 2 is 1.96 bits per heavy atom. The van der Waals surface area contributed by atoms with E-state index in [1.807, 2.05) is 19.2 Å². The Kier molecular flexibility index (Phi) is 6.45. The molecule has 28 heavy (non-hydrogen) atoms. The van der Waals surface area contributed by atoms with Crippen LogP contribution < -0.4 is 14.9 Å². The number of rotatable bonds is 8. The van der Waals surface area contributed by atoms with E-state index >= 15 is 0 Å². The predicted octanol–water partition coefficient (Wildman–Crippen LogP) is 4.25. The number of hydrogen-bond donors (Lipinski definition) is 0. The molecule has 1 unspecified atom stereocenters. The van der Waals surface area contributed by atoms with Gasteiger partial charge < -0.3 is 18.8 Å². The molecular weight excluding hydrogens is 354 g/mol. The monoisotopic (exact) mass is 385 g/mol. The third-order valence-electron chi connectivity index (χ3n) is 5.53. The van der Waals surface area contributed by atoms with Crippen molar-refractivity contribution in [1.29, 1.82) is 0 Å². The zero-order valence-electron chi connectivity index (χ0n) is 17.6. The molecule has 0 radical (unpaired) electrons. The summed E-state index contributed by atoms with van der Waals surface area (Å²) in [7, 11) is 3.35. The number of pyridine rings is 1. The number of nitrogens with zero attached hydrogens (tertiary/aromatic N) is 1. The lowest BCUT2D eigenvalue weighted by molar-refractivity contribution is 0.170. The van der Waals surface area contributed by atoms with Crippen molar-refractivity contribution >= 4 is 0 Å². The van der Waals surface area contributed by atoms with Gasteiger partial charge in [0.2, 0.25) is 0 Å². The Morgan fingerprint density at radius 1 is 1.18 bits per heavy atom. The van der Waals surface area contributed by atoms with Crippen LogP contribution in [0.4, 0.5) is 0 Å². The van der Waals surface area contributed by atoms with Crippen LogP contribution in [0.1, 0.15) is 44.4 Å². The number of fused-ring (bicyclic) bond motifs is 3. The van der Waals surface area contributed by atoms with Crippen LogP contribution in [0.3, 0.4) is 0 Å². The van der Waals surface area contributed by atoms with Crippen LogP contribution in [0.5, 0.6) is 11.5 Å². The van der Waals surface area contributed by atoms with Crippen LogP contribution in [-0.2, 0) is 17.6 Å². The molecule has 1 aromatic carbocycles. The predicted molar refractivity (Wildman–Crippen MR) is 112 cm³/mol. The maximum absolute atomic E-state index is 12.6. The molecule has 2 aromatic rings. The molecule has 0 saturated heterocycles. The van der Waals surface area contributed by atoms with Gasteiger partial charge in [0.1, 0.15) is 0 Å². The number of benzene rings is 1. The van der Waals surface area contributed by atoms with Crippen molar-refractivity contribution in [2.24, 2.45) is 5.92 Å². The van der Waals surface area contributed by atoms with Gasteiger partial charge in [-0.25, -0.2) is 0 Å². The molecule has 3 rings (SSSR count). The smallest absolute Gasteiger partial charge is 0.185 e. The van der Waals surface area contributed by atoms with Gasteiger partial charge in [-0.15, -0.1) is 0 Å². The third kappa shape index (κ3) is 3.81. The molecule has 0 bridgehead atoms. The van der Waals surface area contributed by atoms with E-state index in [1.54, 1.807) is 20.3 Å². The van der Waals surface area contributed by atoms with Gasteiger partial charge in [-0.1, -0.05) is 20.8 Å². The summed E-state index contributed by atoms with van der Waals surface area (Å²) >= 11 is 0. The maximum atomic E-state index is 12.6. The van der Waals surface area contributed by atoms with Gasteiger partial charge in [-0.2, -0.15) is 0 Å². The Bertz CT molecular complexity index is 885. The summed E-state index contributed by atoms with van der Waals surface area (Å²) in [5.41, 5.74) is 4.28. The standard InChI is InChI=1S/C23H31NO4/c1-6-17-20(25)8-9-24-19(15(2)3)12-16-13-22(28-11-7-10-26-4)21(27-5)14-18(16)23(17)24/h8-9,13-15,19H,6-7,10-12H2,1-5H3. The van der Waals surface area contributed by atoms with Crippen LogP contribution in [-0.4, -0.2) is 32.0 Å². The highest BCUT2D eigenvalue weighted by Crippen LogP contribution is 2.43. The lowest BCUT2D eigenvalue weighted by atomic mass is 9.85. The SMILES string of the molecule is CCc1c2n(ccc1=O)C(C(C)C)Cc1cc(OCCCOC)c(OC)cc1-2. The summed E-state index contributed by atoms with van der Waals surface area (Å²) in [5.74, 6) is 1.90. The van der Waals surface area contributed by atoms with Crippen LogP contribution >= 0.6 is 0 Å². The maximum Gasteiger partial charge on any atom is 0.185 e. The second-order valence-electron chi connectivity index (χ2n) is 7.64. The van der Waals surface area contributed by atoms with Crippen LogP contribution in [0.15, 0.2) is 29.2 Å². The summed E-state index contributed by atoms with van der Waals surface area (Å²) in [6.07, 6.45) is 4.39. The fourth-order valence-corrected chi connectivity index (χ4v) is 4.04. The Hall–Kier alpha value is -2.27. The number of aromatic nitrogens is 1. The normalized spacial score (nSPS) is 15.3. The highest BCUT2D eigenvalue weighted by atomic mass is 16.5. The van der Waals surface area contributed by atoms with Crippen molar-refractivity contribution in [2.45, 2.75) is 46.1 Å². The third-order valence-corrected chi connectivity index (χ3v) is 5.53. The summed E-state index contributed by atoms with van der Waals surface area (Å²) in [6.45, 7) is 7.75. The van der Waals surface area contributed by atoms with Crippen molar-refractivity contribution in [3.8, 4) is 22.8 Å². The minimum atomic E-state index is 0.1000. The van der Waals surface area contributed by atoms with Crippen LogP contribution in [0.25, 0.3) is 11.3 Å². The summed E-state index contributed by atoms with van der Waals surface area (Å²) in [4.78, 5) is 12.6. The average Bonchev–Trinajstić information content (AvgIpc) is 2.69. The Morgan fingerprint density at radius 3 is 2.61 bits per heavy atom. The minimum Gasteiger partial charge on any atom is -0.493 e. The first-order valence-electron chi connectivity index (χ1n) is 10.1. The van der Waals surface area contributed by atoms with Crippen molar-refractivity contribution in [1.82, 2.24) is 4.57 Å². The molecule has 5 nitrogen and oxygen atoms in total. The molecule has 5 heteroatoms. The fourth-order valence-electron chi connectivity index (χ4n) is 4.04. The number of hydrogen-bond acceptors (Lipinski definition) is 4. The van der Waals surface area contributed by atoms with Gasteiger partial charge in [-0.05, 0) is 36.5 Å².